The van der Waals surface area contributed by atoms with Gasteiger partial charge in [-0.05, 0) is 55.5 Å². The second kappa shape index (κ2) is 6.78. The number of halogens is 1. The number of nitrogens with zero attached hydrogens (tertiary/aromatic N) is 1. The Hall–Kier alpha value is -2.41. The first-order chi connectivity index (χ1) is 10.8. The Balaban J connectivity index is 2.15. The van der Waals surface area contributed by atoms with Gasteiger partial charge in [0.2, 0.25) is 10.0 Å². The summed E-state index contributed by atoms with van der Waals surface area (Å²) in [4.78, 5) is 12.1. The smallest absolute Gasteiger partial charge is 0.255 e. The van der Waals surface area contributed by atoms with E-state index in [1.165, 1.54) is 28.6 Å². The monoisotopic (exact) mass is 336 g/mol. The molecule has 2 aromatic rings. The second-order valence-electron chi connectivity index (χ2n) is 4.94. The summed E-state index contributed by atoms with van der Waals surface area (Å²) in [6, 6.07) is 11.7. The molecule has 23 heavy (non-hydrogen) atoms. The molecule has 0 heterocycles. The van der Waals surface area contributed by atoms with E-state index in [1.807, 2.05) is 0 Å². The summed E-state index contributed by atoms with van der Waals surface area (Å²) in [5.41, 5.74) is 1.35. The fraction of sp³-hybridized carbons (Fsp3) is 0.188. The van der Waals surface area contributed by atoms with Crippen molar-refractivity contribution in [1.82, 2.24) is 0 Å². The summed E-state index contributed by atoms with van der Waals surface area (Å²) >= 11 is 0. The lowest BCUT2D eigenvalue weighted by Crippen LogP contribution is -2.29. The van der Waals surface area contributed by atoms with Crippen molar-refractivity contribution < 1.29 is 17.6 Å². The van der Waals surface area contributed by atoms with Crippen LogP contribution in [0, 0.1) is 5.82 Å². The highest BCUT2D eigenvalue weighted by Crippen LogP contribution is 2.19. The Bertz CT molecular complexity index is 787. The Morgan fingerprint density at radius 1 is 1.09 bits per heavy atom. The summed E-state index contributed by atoms with van der Waals surface area (Å²) in [6.07, 6.45) is 1.13. The number of anilines is 2. The van der Waals surface area contributed by atoms with Crippen LogP contribution in [0.15, 0.2) is 48.5 Å². The Morgan fingerprint density at radius 2 is 1.65 bits per heavy atom. The highest BCUT2D eigenvalue weighted by atomic mass is 32.2. The molecule has 0 aliphatic rings. The maximum Gasteiger partial charge on any atom is 0.255 e. The van der Waals surface area contributed by atoms with E-state index >= 15 is 0 Å². The Kier molecular flexibility index (Phi) is 5.00. The SMILES string of the molecule is CCN(c1ccc(C(=O)Nc2ccc(F)cc2)cc1)S(C)(=O)=O. The number of sulfonamides is 1. The van der Waals surface area contributed by atoms with E-state index < -0.39 is 10.0 Å². The number of amides is 1. The lowest BCUT2D eigenvalue weighted by molar-refractivity contribution is 0.102. The molecule has 7 heteroatoms. The molecule has 0 spiro atoms. The third-order valence-corrected chi connectivity index (χ3v) is 4.48. The van der Waals surface area contributed by atoms with E-state index in [0.29, 0.717) is 23.5 Å². The minimum absolute atomic E-state index is 0.306. The van der Waals surface area contributed by atoms with E-state index in [2.05, 4.69) is 5.32 Å². The number of hydrogen-bond acceptors (Lipinski definition) is 3. The average Bonchev–Trinajstić information content (AvgIpc) is 2.49. The normalized spacial score (nSPS) is 11.1. The molecule has 1 amide bonds. The first-order valence-electron chi connectivity index (χ1n) is 6.96. The topological polar surface area (TPSA) is 66.5 Å². The van der Waals surface area contributed by atoms with Gasteiger partial charge in [-0.15, -0.1) is 0 Å². The zero-order chi connectivity index (χ0) is 17.0. The minimum Gasteiger partial charge on any atom is -0.322 e. The van der Waals surface area contributed by atoms with Crippen LogP contribution in [-0.2, 0) is 10.0 Å². The average molecular weight is 336 g/mol. The number of rotatable bonds is 5. The zero-order valence-corrected chi connectivity index (χ0v) is 13.6. The molecule has 122 valence electrons. The Labute approximate surface area is 134 Å². The van der Waals surface area contributed by atoms with E-state index in [0.717, 1.165) is 6.26 Å². The molecule has 2 aromatic carbocycles. The van der Waals surface area contributed by atoms with Crippen LogP contribution in [0.4, 0.5) is 15.8 Å². The van der Waals surface area contributed by atoms with Gasteiger partial charge >= 0.3 is 0 Å². The van der Waals surface area contributed by atoms with Gasteiger partial charge in [0, 0.05) is 17.8 Å². The van der Waals surface area contributed by atoms with Crippen LogP contribution >= 0.6 is 0 Å². The van der Waals surface area contributed by atoms with Crippen LogP contribution in [0.25, 0.3) is 0 Å². The molecule has 0 fully saturated rings. The molecule has 0 bridgehead atoms. The zero-order valence-electron chi connectivity index (χ0n) is 12.8. The van der Waals surface area contributed by atoms with Gasteiger partial charge in [0.15, 0.2) is 0 Å². The maximum absolute atomic E-state index is 12.8. The van der Waals surface area contributed by atoms with Crippen LogP contribution in [0.1, 0.15) is 17.3 Å². The predicted molar refractivity (Wildman–Crippen MR) is 88.7 cm³/mol. The van der Waals surface area contributed by atoms with Gasteiger partial charge in [0.05, 0.1) is 11.9 Å². The molecule has 0 aromatic heterocycles. The molecule has 1 N–H and O–H groups in total. The van der Waals surface area contributed by atoms with Crippen molar-refractivity contribution >= 4 is 27.3 Å². The highest BCUT2D eigenvalue weighted by Gasteiger charge is 2.15. The Morgan fingerprint density at radius 3 is 2.13 bits per heavy atom. The number of carbonyl (C=O) groups excluding carboxylic acids is 1. The van der Waals surface area contributed by atoms with Crippen molar-refractivity contribution in [2.24, 2.45) is 0 Å². The lowest BCUT2D eigenvalue weighted by atomic mass is 10.2. The van der Waals surface area contributed by atoms with Gasteiger partial charge in [-0.3, -0.25) is 9.10 Å². The van der Waals surface area contributed by atoms with Crippen LogP contribution < -0.4 is 9.62 Å². The molecule has 5 nitrogen and oxygen atoms in total. The second-order valence-corrected chi connectivity index (χ2v) is 6.84. The van der Waals surface area contributed by atoms with Gasteiger partial charge in [0.25, 0.3) is 5.91 Å². The van der Waals surface area contributed by atoms with Crippen molar-refractivity contribution in [3.8, 4) is 0 Å². The number of carbonyl (C=O) groups is 1. The molecule has 0 atom stereocenters. The molecule has 0 aliphatic heterocycles. The van der Waals surface area contributed by atoms with Crippen LogP contribution in [-0.4, -0.2) is 27.1 Å². The fourth-order valence-corrected chi connectivity index (χ4v) is 3.10. The van der Waals surface area contributed by atoms with Gasteiger partial charge in [-0.25, -0.2) is 12.8 Å². The summed E-state index contributed by atoms with van der Waals surface area (Å²) < 4.78 is 37.4. The van der Waals surface area contributed by atoms with E-state index in [9.17, 15) is 17.6 Å². The first kappa shape index (κ1) is 17.0. The standard InChI is InChI=1S/C16H17FN2O3S/c1-3-19(23(2,21)22)15-10-4-12(5-11-15)16(20)18-14-8-6-13(17)7-9-14/h4-11H,3H2,1-2H3,(H,18,20). The summed E-state index contributed by atoms with van der Waals surface area (Å²) in [5.74, 6) is -0.738. The molecule has 0 saturated heterocycles. The largest absolute Gasteiger partial charge is 0.322 e. The molecule has 0 saturated carbocycles. The molecular formula is C16H17FN2O3S. The minimum atomic E-state index is -3.36. The van der Waals surface area contributed by atoms with Gasteiger partial charge in [0.1, 0.15) is 5.82 Å². The van der Waals surface area contributed by atoms with Gasteiger partial charge in [-0.2, -0.15) is 0 Å². The fourth-order valence-electron chi connectivity index (χ4n) is 2.12. The first-order valence-corrected chi connectivity index (χ1v) is 8.81. The van der Waals surface area contributed by atoms with Crippen molar-refractivity contribution in [2.75, 3.05) is 22.4 Å². The lowest BCUT2D eigenvalue weighted by Gasteiger charge is -2.20. The van der Waals surface area contributed by atoms with Crippen molar-refractivity contribution in [1.29, 1.82) is 0 Å². The summed E-state index contributed by atoms with van der Waals surface area (Å²) in [5, 5.41) is 2.64. The predicted octanol–water partition coefficient (Wildman–Crippen LogP) is 2.86. The van der Waals surface area contributed by atoms with Gasteiger partial charge in [-0.1, -0.05) is 0 Å². The van der Waals surface area contributed by atoms with Crippen LogP contribution in [0.3, 0.4) is 0 Å². The van der Waals surface area contributed by atoms with Crippen LogP contribution in [0.2, 0.25) is 0 Å². The molecule has 2 rings (SSSR count). The van der Waals surface area contributed by atoms with Gasteiger partial charge < -0.3 is 5.32 Å². The van der Waals surface area contributed by atoms with E-state index in [4.69, 9.17) is 0 Å². The molecule has 0 radical (unpaired) electrons. The molecule has 0 unspecified atom stereocenters. The van der Waals surface area contributed by atoms with Crippen molar-refractivity contribution in [3.05, 3.63) is 59.9 Å². The van der Waals surface area contributed by atoms with Crippen molar-refractivity contribution in [2.45, 2.75) is 6.92 Å². The third-order valence-electron chi connectivity index (χ3n) is 3.21. The summed E-state index contributed by atoms with van der Waals surface area (Å²) in [7, 11) is -3.36. The number of benzene rings is 2. The maximum atomic E-state index is 12.8. The highest BCUT2D eigenvalue weighted by molar-refractivity contribution is 7.92. The number of hydrogen-bond donors (Lipinski definition) is 1. The van der Waals surface area contributed by atoms with E-state index in [1.54, 1.807) is 31.2 Å². The quantitative estimate of drug-likeness (QED) is 0.913. The third kappa shape index (κ3) is 4.29. The van der Waals surface area contributed by atoms with Crippen molar-refractivity contribution in [3.63, 3.8) is 0 Å². The summed E-state index contributed by atoms with van der Waals surface area (Å²) in [6.45, 7) is 2.04. The van der Waals surface area contributed by atoms with E-state index in [-0.39, 0.29) is 11.7 Å². The van der Waals surface area contributed by atoms with Crippen LogP contribution in [0.5, 0.6) is 0 Å². The molecular weight excluding hydrogens is 319 g/mol. The molecule has 0 aliphatic carbocycles. The number of nitrogens with one attached hydrogen (secondary N) is 1.